The summed E-state index contributed by atoms with van der Waals surface area (Å²) in [5.74, 6) is -3.62. The molecule has 0 aliphatic carbocycles. The molecule has 13 heteroatoms. The van der Waals surface area contributed by atoms with E-state index < -0.39 is 54.4 Å². The topological polar surface area (TPSA) is 125 Å². The van der Waals surface area contributed by atoms with E-state index in [1.54, 1.807) is 25.1 Å². The molecule has 4 amide bonds. The molecule has 0 aromatic heterocycles. The SMILES string of the molecule is Cc1cc(NC(=O)[C@H](CCN)NC(=O)[C@@H]2Cc3ccccc3CN2C(=O)CCC(=O)N2CCC(C(F)(F)F)C2)ccc1Cl. The van der Waals surface area contributed by atoms with Crippen LogP contribution in [0.5, 0.6) is 0 Å². The van der Waals surface area contributed by atoms with E-state index >= 15 is 0 Å². The summed E-state index contributed by atoms with van der Waals surface area (Å²) in [4.78, 5) is 55.3. The molecule has 1 unspecified atom stereocenters. The Hall–Kier alpha value is -3.64. The molecule has 1 fully saturated rings. The Morgan fingerprint density at radius 1 is 1.07 bits per heavy atom. The zero-order chi connectivity index (χ0) is 31.3. The Bertz CT molecular complexity index is 1370. The van der Waals surface area contributed by atoms with Crippen LogP contribution in [0.4, 0.5) is 18.9 Å². The van der Waals surface area contributed by atoms with Crippen LogP contribution < -0.4 is 16.4 Å². The Kier molecular flexibility index (Phi) is 10.3. The van der Waals surface area contributed by atoms with Crippen LogP contribution >= 0.6 is 11.6 Å². The van der Waals surface area contributed by atoms with Crippen molar-refractivity contribution in [2.45, 2.75) is 63.8 Å². The molecule has 2 heterocycles. The van der Waals surface area contributed by atoms with Gasteiger partial charge in [-0.3, -0.25) is 19.2 Å². The number of amides is 4. The lowest BCUT2D eigenvalue weighted by Crippen LogP contribution is -2.56. The normalized spacial score (nSPS) is 19.0. The number of halogens is 4. The van der Waals surface area contributed by atoms with Crippen molar-refractivity contribution in [3.63, 3.8) is 0 Å². The van der Waals surface area contributed by atoms with E-state index in [0.29, 0.717) is 10.7 Å². The number of alkyl halides is 3. The van der Waals surface area contributed by atoms with E-state index in [1.807, 2.05) is 24.3 Å². The lowest BCUT2D eigenvalue weighted by atomic mass is 9.92. The molecule has 2 aromatic carbocycles. The Labute approximate surface area is 252 Å². The van der Waals surface area contributed by atoms with Crippen LogP contribution in [0.3, 0.4) is 0 Å². The van der Waals surface area contributed by atoms with Gasteiger partial charge in [-0.1, -0.05) is 35.9 Å². The summed E-state index contributed by atoms with van der Waals surface area (Å²) in [6.45, 7) is 1.58. The highest BCUT2D eigenvalue weighted by Crippen LogP contribution is 2.34. The number of anilines is 1. The molecule has 4 rings (SSSR count). The van der Waals surface area contributed by atoms with Crippen LogP contribution in [0.25, 0.3) is 0 Å². The van der Waals surface area contributed by atoms with E-state index in [0.717, 1.165) is 21.6 Å². The number of nitrogens with zero attached hydrogens (tertiary/aromatic N) is 2. The lowest BCUT2D eigenvalue weighted by Gasteiger charge is -2.37. The Morgan fingerprint density at radius 2 is 1.77 bits per heavy atom. The molecule has 3 atom stereocenters. The van der Waals surface area contributed by atoms with Crippen LogP contribution in [-0.4, -0.2) is 71.3 Å². The third kappa shape index (κ3) is 8.05. The molecule has 4 N–H and O–H groups in total. The van der Waals surface area contributed by atoms with E-state index in [-0.39, 0.29) is 51.7 Å². The first kappa shape index (κ1) is 32.3. The van der Waals surface area contributed by atoms with Gasteiger partial charge >= 0.3 is 6.18 Å². The number of carbonyl (C=O) groups excluding carboxylic acids is 4. The highest BCUT2D eigenvalue weighted by molar-refractivity contribution is 6.31. The van der Waals surface area contributed by atoms with Crippen molar-refractivity contribution in [3.8, 4) is 0 Å². The quantitative estimate of drug-likeness (QED) is 0.395. The molecular formula is C30H35ClF3N5O4. The minimum Gasteiger partial charge on any atom is -0.342 e. The van der Waals surface area contributed by atoms with Gasteiger partial charge in [-0.25, -0.2) is 0 Å². The zero-order valence-electron chi connectivity index (χ0n) is 23.8. The Morgan fingerprint density at radius 3 is 2.42 bits per heavy atom. The zero-order valence-corrected chi connectivity index (χ0v) is 24.5. The summed E-state index contributed by atoms with van der Waals surface area (Å²) in [7, 11) is 0. The maximum Gasteiger partial charge on any atom is 0.393 e. The van der Waals surface area contributed by atoms with E-state index in [2.05, 4.69) is 10.6 Å². The monoisotopic (exact) mass is 621 g/mol. The van der Waals surface area contributed by atoms with Crippen molar-refractivity contribution in [1.29, 1.82) is 0 Å². The average Bonchev–Trinajstić information content (AvgIpc) is 3.48. The van der Waals surface area contributed by atoms with Gasteiger partial charge in [0, 0.05) is 49.6 Å². The van der Waals surface area contributed by atoms with Crippen LogP contribution in [0.1, 0.15) is 42.4 Å². The second-order valence-electron chi connectivity index (χ2n) is 11.0. The van der Waals surface area contributed by atoms with Crippen LogP contribution in [0.2, 0.25) is 5.02 Å². The molecule has 0 saturated carbocycles. The number of benzene rings is 2. The van der Waals surface area contributed by atoms with Crippen LogP contribution in [0.15, 0.2) is 42.5 Å². The fraction of sp³-hybridized carbons (Fsp3) is 0.467. The summed E-state index contributed by atoms with van der Waals surface area (Å²) in [5.41, 5.74) is 8.71. The number of rotatable bonds is 9. The summed E-state index contributed by atoms with van der Waals surface area (Å²) in [6, 6.07) is 10.4. The highest BCUT2D eigenvalue weighted by Gasteiger charge is 2.44. The van der Waals surface area contributed by atoms with Gasteiger partial charge in [0.2, 0.25) is 23.6 Å². The molecule has 43 heavy (non-hydrogen) atoms. The largest absolute Gasteiger partial charge is 0.393 e. The second-order valence-corrected chi connectivity index (χ2v) is 11.4. The second kappa shape index (κ2) is 13.8. The van der Waals surface area contributed by atoms with Gasteiger partial charge in [0.15, 0.2) is 0 Å². The first-order chi connectivity index (χ1) is 20.4. The summed E-state index contributed by atoms with van der Waals surface area (Å²) < 4.78 is 39.1. The number of carbonyl (C=O) groups is 4. The smallest absolute Gasteiger partial charge is 0.342 e. The standard InChI is InChI=1S/C30H35ClF3N5O4/c1-18-14-22(6-7-23(18)31)36-28(42)24(10-12-35)37-29(43)25-15-19-4-2-3-5-20(19)16-39(25)27(41)9-8-26(40)38-13-11-21(17-38)30(32,33)34/h2-7,14,21,24-25H,8-13,15-17,35H2,1H3,(H,36,42)(H,37,43)/t21?,24-,25-/m0/s1. The molecule has 9 nitrogen and oxygen atoms in total. The number of fused-ring (bicyclic) bond motifs is 1. The maximum absolute atomic E-state index is 13.6. The molecular weight excluding hydrogens is 587 g/mol. The molecule has 232 valence electrons. The van der Waals surface area contributed by atoms with Gasteiger partial charge in [0.05, 0.1) is 5.92 Å². The molecule has 2 aliphatic rings. The van der Waals surface area contributed by atoms with Crippen molar-refractivity contribution in [2.75, 3.05) is 25.0 Å². The Balaban J connectivity index is 1.44. The van der Waals surface area contributed by atoms with E-state index in [1.165, 1.54) is 4.90 Å². The van der Waals surface area contributed by atoms with E-state index in [9.17, 15) is 32.3 Å². The fourth-order valence-electron chi connectivity index (χ4n) is 5.44. The van der Waals surface area contributed by atoms with Gasteiger partial charge in [-0.15, -0.1) is 0 Å². The predicted octanol–water partition coefficient (Wildman–Crippen LogP) is 3.57. The van der Waals surface area contributed by atoms with Crippen molar-refractivity contribution >= 4 is 40.9 Å². The van der Waals surface area contributed by atoms with Crippen molar-refractivity contribution in [2.24, 2.45) is 11.7 Å². The number of hydrogen-bond acceptors (Lipinski definition) is 5. The minimum atomic E-state index is -4.38. The predicted molar refractivity (Wildman–Crippen MR) is 155 cm³/mol. The van der Waals surface area contributed by atoms with Gasteiger partial charge in [0.1, 0.15) is 12.1 Å². The first-order valence-corrected chi connectivity index (χ1v) is 14.5. The summed E-state index contributed by atoms with van der Waals surface area (Å²) in [5, 5.41) is 6.05. The number of hydrogen-bond donors (Lipinski definition) is 3. The van der Waals surface area contributed by atoms with E-state index in [4.69, 9.17) is 17.3 Å². The number of nitrogens with two attached hydrogens (primary N) is 1. The summed E-state index contributed by atoms with van der Waals surface area (Å²) in [6.07, 6.45) is -4.74. The first-order valence-electron chi connectivity index (χ1n) is 14.2. The average molecular weight is 622 g/mol. The molecule has 0 bridgehead atoms. The van der Waals surface area contributed by atoms with Gasteiger partial charge in [0.25, 0.3) is 0 Å². The van der Waals surface area contributed by atoms with Crippen molar-refractivity contribution in [1.82, 2.24) is 15.1 Å². The van der Waals surface area contributed by atoms with Crippen molar-refractivity contribution < 1.29 is 32.3 Å². The van der Waals surface area contributed by atoms with Crippen molar-refractivity contribution in [3.05, 3.63) is 64.2 Å². The summed E-state index contributed by atoms with van der Waals surface area (Å²) >= 11 is 6.07. The maximum atomic E-state index is 13.6. The molecule has 2 aromatic rings. The minimum absolute atomic E-state index is 0.0144. The number of nitrogens with one attached hydrogen (secondary N) is 2. The molecule has 0 spiro atoms. The van der Waals surface area contributed by atoms with Gasteiger partial charge < -0.3 is 26.2 Å². The third-order valence-corrected chi connectivity index (χ3v) is 8.37. The van der Waals surface area contributed by atoms with Crippen LogP contribution in [0, 0.1) is 12.8 Å². The number of likely N-dealkylation sites (tertiary alicyclic amines) is 1. The highest BCUT2D eigenvalue weighted by atomic mass is 35.5. The lowest BCUT2D eigenvalue weighted by molar-refractivity contribution is -0.171. The third-order valence-electron chi connectivity index (χ3n) is 7.94. The van der Waals surface area contributed by atoms with Crippen LogP contribution in [-0.2, 0) is 32.1 Å². The number of aryl methyl sites for hydroxylation is 1. The molecule has 2 aliphatic heterocycles. The van der Waals surface area contributed by atoms with Gasteiger partial charge in [-0.05, 0) is 61.2 Å². The molecule has 0 radical (unpaired) electrons. The van der Waals surface area contributed by atoms with Gasteiger partial charge in [-0.2, -0.15) is 13.2 Å². The fourth-order valence-corrected chi connectivity index (χ4v) is 5.56. The molecule has 1 saturated heterocycles.